The monoisotopic (exact) mass is 376 g/mol. The molecule has 0 bridgehead atoms. The van der Waals surface area contributed by atoms with Crippen LogP contribution in [0.5, 0.6) is 0 Å². The van der Waals surface area contributed by atoms with E-state index in [4.69, 9.17) is 0 Å². The Balaban J connectivity index is 2.05. The zero-order valence-electron chi connectivity index (χ0n) is 17.6. The van der Waals surface area contributed by atoms with Crippen molar-refractivity contribution in [3.63, 3.8) is 0 Å². The molecule has 1 unspecified atom stereocenters. The van der Waals surface area contributed by atoms with E-state index in [1.807, 2.05) is 25.1 Å². The zero-order chi connectivity index (χ0) is 20.1. The van der Waals surface area contributed by atoms with E-state index in [9.17, 15) is 4.79 Å². The minimum atomic E-state index is 0.0433. The summed E-state index contributed by atoms with van der Waals surface area (Å²) < 4.78 is 2.46. The van der Waals surface area contributed by atoms with Gasteiger partial charge in [0.1, 0.15) is 0 Å². The second-order valence-electron chi connectivity index (χ2n) is 7.92. The number of nitrogens with zero attached hydrogens (tertiary/aromatic N) is 2. The molecule has 0 aliphatic heterocycles. The van der Waals surface area contributed by atoms with Crippen LogP contribution in [-0.2, 0) is 6.54 Å². The quantitative estimate of drug-likeness (QED) is 0.325. The highest BCUT2D eigenvalue weighted by Crippen LogP contribution is 2.31. The van der Waals surface area contributed by atoms with Crippen molar-refractivity contribution in [2.45, 2.75) is 46.1 Å². The number of hydrogen-bond acceptors (Lipinski definition) is 2. The lowest BCUT2D eigenvalue weighted by molar-refractivity contribution is 0.104. The molecule has 0 fully saturated rings. The van der Waals surface area contributed by atoms with Gasteiger partial charge in [0.25, 0.3) is 0 Å². The first kappa shape index (κ1) is 20.2. The number of fused-ring (bicyclic) bond motifs is 3. The molecule has 0 aliphatic carbocycles. The van der Waals surface area contributed by atoms with Gasteiger partial charge in [-0.15, -0.1) is 0 Å². The summed E-state index contributed by atoms with van der Waals surface area (Å²) in [4.78, 5) is 14.4. The molecule has 1 aromatic heterocycles. The van der Waals surface area contributed by atoms with Crippen molar-refractivity contribution in [1.29, 1.82) is 0 Å². The van der Waals surface area contributed by atoms with Crippen LogP contribution in [0.2, 0.25) is 0 Å². The molecule has 0 saturated heterocycles. The van der Waals surface area contributed by atoms with Crippen molar-refractivity contribution in [3.8, 4) is 0 Å². The van der Waals surface area contributed by atoms with Crippen LogP contribution in [0.3, 0.4) is 0 Å². The molecule has 0 saturated carbocycles. The van der Waals surface area contributed by atoms with Crippen LogP contribution in [-0.4, -0.2) is 29.3 Å². The third kappa shape index (κ3) is 4.30. The van der Waals surface area contributed by atoms with Crippen LogP contribution in [0.1, 0.15) is 49.9 Å². The highest BCUT2D eigenvalue weighted by Gasteiger charge is 2.15. The number of para-hydroxylation sites is 1. The molecular formula is C25H32N2O. The topological polar surface area (TPSA) is 25.2 Å². The van der Waals surface area contributed by atoms with Crippen LogP contribution in [0.25, 0.3) is 21.8 Å². The molecular weight excluding hydrogens is 344 g/mol. The van der Waals surface area contributed by atoms with Crippen LogP contribution in [0.4, 0.5) is 0 Å². The summed E-state index contributed by atoms with van der Waals surface area (Å²) in [6.07, 6.45) is 8.43. The number of rotatable bonds is 9. The van der Waals surface area contributed by atoms with E-state index < -0.39 is 0 Å². The maximum absolute atomic E-state index is 12.6. The predicted octanol–water partition coefficient (Wildman–Crippen LogP) is 6.27. The summed E-state index contributed by atoms with van der Waals surface area (Å²) in [5.74, 6) is 0.727. The molecule has 0 spiro atoms. The highest BCUT2D eigenvalue weighted by atomic mass is 16.1. The van der Waals surface area contributed by atoms with E-state index in [1.54, 1.807) is 12.3 Å². The van der Waals surface area contributed by atoms with Gasteiger partial charge in [0.15, 0.2) is 5.78 Å². The van der Waals surface area contributed by atoms with Gasteiger partial charge in [0, 0.05) is 60.3 Å². The maximum Gasteiger partial charge on any atom is 0.187 e. The lowest BCUT2D eigenvalue weighted by Crippen LogP contribution is -2.10. The lowest BCUT2D eigenvalue weighted by atomic mass is 9.99. The smallest absolute Gasteiger partial charge is 0.187 e. The Bertz CT molecular complexity index is 981. The number of aromatic nitrogens is 1. The fourth-order valence-corrected chi connectivity index (χ4v) is 3.89. The van der Waals surface area contributed by atoms with Crippen LogP contribution < -0.4 is 0 Å². The average Bonchev–Trinajstić information content (AvgIpc) is 3.02. The van der Waals surface area contributed by atoms with E-state index in [0.717, 1.165) is 12.1 Å². The minimum Gasteiger partial charge on any atom is -0.383 e. The number of benzene rings is 2. The van der Waals surface area contributed by atoms with Crippen molar-refractivity contribution in [1.82, 2.24) is 9.47 Å². The standard InChI is InChI=1S/C25H32N2O/c1-5-7-10-19(6-2)18-27-23-12-9-8-11-21(23)22-17-20(13-14-24(22)27)25(28)15-16-26(3)4/h8-9,11-17,19H,5-7,10,18H2,1-4H3. The Morgan fingerprint density at radius 2 is 1.82 bits per heavy atom. The first-order valence-electron chi connectivity index (χ1n) is 10.4. The number of unbranched alkanes of at least 4 members (excludes halogenated alkanes) is 1. The Kier molecular flexibility index (Phi) is 6.56. The number of allylic oxidation sites excluding steroid dienone is 1. The molecule has 28 heavy (non-hydrogen) atoms. The van der Waals surface area contributed by atoms with Crippen molar-refractivity contribution in [2.75, 3.05) is 14.1 Å². The summed E-state index contributed by atoms with van der Waals surface area (Å²) in [7, 11) is 3.84. The third-order valence-corrected chi connectivity index (χ3v) is 5.56. The van der Waals surface area contributed by atoms with Gasteiger partial charge in [-0.25, -0.2) is 0 Å². The Morgan fingerprint density at radius 1 is 1.07 bits per heavy atom. The SMILES string of the molecule is CCCCC(CC)Cn1c2ccccc2c2cc(C(=O)C=CN(C)C)ccc21. The van der Waals surface area contributed by atoms with Crippen molar-refractivity contribution in [2.24, 2.45) is 5.92 Å². The van der Waals surface area contributed by atoms with Gasteiger partial charge in [-0.1, -0.05) is 51.3 Å². The zero-order valence-corrected chi connectivity index (χ0v) is 17.6. The highest BCUT2D eigenvalue weighted by molar-refractivity contribution is 6.12. The Morgan fingerprint density at radius 3 is 2.54 bits per heavy atom. The van der Waals surface area contributed by atoms with E-state index >= 15 is 0 Å². The number of carbonyl (C=O) groups excluding carboxylic acids is 1. The van der Waals surface area contributed by atoms with E-state index in [1.165, 1.54) is 47.5 Å². The van der Waals surface area contributed by atoms with Crippen LogP contribution in [0, 0.1) is 5.92 Å². The van der Waals surface area contributed by atoms with Crippen LogP contribution >= 0.6 is 0 Å². The summed E-state index contributed by atoms with van der Waals surface area (Å²) in [5, 5.41) is 2.40. The van der Waals surface area contributed by atoms with E-state index in [0.29, 0.717) is 5.92 Å². The molecule has 1 heterocycles. The summed E-state index contributed by atoms with van der Waals surface area (Å²) in [6, 6.07) is 14.7. The average molecular weight is 377 g/mol. The molecule has 3 nitrogen and oxygen atoms in total. The molecule has 2 aromatic carbocycles. The fourth-order valence-electron chi connectivity index (χ4n) is 3.89. The maximum atomic E-state index is 12.6. The van der Waals surface area contributed by atoms with Crippen LogP contribution in [0.15, 0.2) is 54.7 Å². The normalized spacial score (nSPS) is 12.9. The van der Waals surface area contributed by atoms with Gasteiger partial charge in [-0.05, 0) is 36.6 Å². The Hall–Kier alpha value is -2.55. The van der Waals surface area contributed by atoms with Gasteiger partial charge in [0.05, 0.1) is 0 Å². The second-order valence-corrected chi connectivity index (χ2v) is 7.92. The molecule has 0 aliphatic rings. The number of carbonyl (C=O) groups is 1. The molecule has 3 heteroatoms. The summed E-state index contributed by atoms with van der Waals surface area (Å²) in [6.45, 7) is 5.59. The minimum absolute atomic E-state index is 0.0433. The van der Waals surface area contributed by atoms with Gasteiger partial charge in [0.2, 0.25) is 0 Å². The third-order valence-electron chi connectivity index (χ3n) is 5.56. The van der Waals surface area contributed by atoms with Crippen molar-refractivity contribution in [3.05, 3.63) is 60.3 Å². The van der Waals surface area contributed by atoms with Gasteiger partial charge in [-0.3, -0.25) is 4.79 Å². The molecule has 0 N–H and O–H groups in total. The number of ketones is 1. The molecule has 3 rings (SSSR count). The predicted molar refractivity (Wildman–Crippen MR) is 120 cm³/mol. The Labute approximate surface area is 168 Å². The molecule has 148 valence electrons. The fraction of sp³-hybridized carbons (Fsp3) is 0.400. The second kappa shape index (κ2) is 9.09. The molecule has 1 atom stereocenters. The molecule has 0 amide bonds. The van der Waals surface area contributed by atoms with Gasteiger partial charge in [-0.2, -0.15) is 0 Å². The molecule has 3 aromatic rings. The molecule has 0 radical (unpaired) electrons. The number of hydrogen-bond donors (Lipinski definition) is 0. The van der Waals surface area contributed by atoms with Gasteiger partial charge < -0.3 is 9.47 Å². The largest absolute Gasteiger partial charge is 0.383 e. The van der Waals surface area contributed by atoms with Gasteiger partial charge >= 0.3 is 0 Å². The first-order valence-corrected chi connectivity index (χ1v) is 10.4. The summed E-state index contributed by atoms with van der Waals surface area (Å²) >= 11 is 0. The first-order chi connectivity index (χ1) is 13.5. The van der Waals surface area contributed by atoms with Crippen molar-refractivity contribution < 1.29 is 4.79 Å². The summed E-state index contributed by atoms with van der Waals surface area (Å²) in [5.41, 5.74) is 3.23. The van der Waals surface area contributed by atoms with E-state index in [2.05, 4.69) is 54.8 Å². The lowest BCUT2D eigenvalue weighted by Gasteiger charge is -2.17. The van der Waals surface area contributed by atoms with E-state index in [-0.39, 0.29) is 5.78 Å². The van der Waals surface area contributed by atoms with Crippen molar-refractivity contribution >= 4 is 27.6 Å².